The van der Waals surface area contributed by atoms with Crippen LogP contribution in [0.4, 0.5) is 0 Å². The highest BCUT2D eigenvalue weighted by Gasteiger charge is 2.62. The quantitative estimate of drug-likeness (QED) is 0.662. The highest BCUT2D eigenvalue weighted by Crippen LogP contribution is 2.55. The van der Waals surface area contributed by atoms with E-state index in [1.54, 1.807) is 5.01 Å². The van der Waals surface area contributed by atoms with Gasteiger partial charge in [0.25, 0.3) is 0 Å². The molecule has 2 N–H and O–H groups in total. The lowest BCUT2D eigenvalue weighted by molar-refractivity contribution is -0.0864. The number of hydrogen-bond donors (Lipinski definition) is 1. The Labute approximate surface area is 108 Å². The van der Waals surface area contributed by atoms with Crippen molar-refractivity contribution in [2.24, 2.45) is 17.7 Å². The van der Waals surface area contributed by atoms with Crippen LogP contribution in [0.1, 0.15) is 51.4 Å². The molecule has 3 aliphatic rings. The van der Waals surface area contributed by atoms with E-state index in [1.807, 2.05) is 0 Å². The van der Waals surface area contributed by atoms with E-state index in [4.69, 9.17) is 5.84 Å². The maximum Gasteiger partial charge on any atom is 0.126 e. The zero-order valence-electron chi connectivity index (χ0n) is 10.7. The summed E-state index contributed by atoms with van der Waals surface area (Å²) in [7, 11) is 0. The third kappa shape index (κ3) is 1.25. The molecule has 0 aromatic rings. The predicted octanol–water partition coefficient (Wildman–Crippen LogP) is 2.08. The number of rotatable bonds is 0. The van der Waals surface area contributed by atoms with Crippen LogP contribution in [0.2, 0.25) is 0 Å². The number of nitriles is 2. The average molecular weight is 244 g/mol. The molecule has 4 atom stereocenters. The van der Waals surface area contributed by atoms with Crippen LogP contribution in [0, 0.1) is 34.5 Å². The van der Waals surface area contributed by atoms with E-state index in [0.717, 1.165) is 44.9 Å². The van der Waals surface area contributed by atoms with Gasteiger partial charge in [-0.25, -0.2) is 5.01 Å². The molecule has 0 spiro atoms. The van der Waals surface area contributed by atoms with Crippen LogP contribution in [-0.2, 0) is 0 Å². The smallest absolute Gasteiger partial charge is 0.126 e. The van der Waals surface area contributed by atoms with Gasteiger partial charge in [-0.15, -0.1) is 0 Å². The standard InChI is InChI=1S/C14H20N4/c15-9-13-6-2-1-4-11(13)8-12-5-3-7-14(12,10-16)18(13)17/h11-12H,1-8,17H2. The topological polar surface area (TPSA) is 76.8 Å². The lowest BCUT2D eigenvalue weighted by Crippen LogP contribution is -2.71. The minimum atomic E-state index is -0.575. The average Bonchev–Trinajstić information content (AvgIpc) is 2.83. The van der Waals surface area contributed by atoms with Crippen LogP contribution in [0.3, 0.4) is 0 Å². The second-order valence-electron chi connectivity index (χ2n) is 6.21. The molecule has 1 saturated heterocycles. The maximum atomic E-state index is 9.70. The summed E-state index contributed by atoms with van der Waals surface area (Å²) in [5.41, 5.74) is -1.14. The molecule has 4 unspecified atom stereocenters. The first-order chi connectivity index (χ1) is 8.69. The minimum Gasteiger partial charge on any atom is -0.266 e. The Kier molecular flexibility index (Phi) is 2.62. The van der Waals surface area contributed by atoms with E-state index in [9.17, 15) is 10.5 Å². The van der Waals surface area contributed by atoms with E-state index in [2.05, 4.69) is 12.1 Å². The second-order valence-corrected chi connectivity index (χ2v) is 6.21. The fraction of sp³-hybridized carbons (Fsp3) is 0.857. The number of hydrazine groups is 1. The number of nitrogens with zero attached hydrogens (tertiary/aromatic N) is 3. The summed E-state index contributed by atoms with van der Waals surface area (Å²) >= 11 is 0. The molecule has 2 saturated carbocycles. The van der Waals surface area contributed by atoms with Gasteiger partial charge < -0.3 is 0 Å². The van der Waals surface area contributed by atoms with Crippen molar-refractivity contribution in [3.8, 4) is 12.1 Å². The predicted molar refractivity (Wildman–Crippen MR) is 66.6 cm³/mol. The van der Waals surface area contributed by atoms with Crippen LogP contribution in [0.5, 0.6) is 0 Å². The number of fused-ring (bicyclic) bond motifs is 2. The fourth-order valence-electron chi connectivity index (χ4n) is 4.65. The van der Waals surface area contributed by atoms with Gasteiger partial charge in [0.2, 0.25) is 0 Å². The van der Waals surface area contributed by atoms with Crippen molar-refractivity contribution in [1.29, 1.82) is 10.5 Å². The molecule has 4 nitrogen and oxygen atoms in total. The monoisotopic (exact) mass is 244 g/mol. The van der Waals surface area contributed by atoms with E-state index >= 15 is 0 Å². The molecule has 0 radical (unpaired) electrons. The van der Waals surface area contributed by atoms with E-state index < -0.39 is 11.1 Å². The van der Waals surface area contributed by atoms with Crippen LogP contribution >= 0.6 is 0 Å². The lowest BCUT2D eigenvalue weighted by atomic mass is 9.62. The summed E-state index contributed by atoms with van der Waals surface area (Å²) in [6.45, 7) is 0. The summed E-state index contributed by atoms with van der Waals surface area (Å²) in [5, 5.41) is 21.0. The van der Waals surface area contributed by atoms with Crippen LogP contribution < -0.4 is 5.84 Å². The summed E-state index contributed by atoms with van der Waals surface area (Å²) in [4.78, 5) is 0. The number of piperidine rings is 1. The number of nitrogens with two attached hydrogens (primary N) is 1. The zero-order valence-corrected chi connectivity index (χ0v) is 10.7. The molecule has 0 amide bonds. The molecule has 0 bridgehead atoms. The van der Waals surface area contributed by atoms with Gasteiger partial charge in [-0.3, -0.25) is 5.84 Å². The van der Waals surface area contributed by atoms with Gasteiger partial charge in [0.1, 0.15) is 11.1 Å². The van der Waals surface area contributed by atoms with Crippen molar-refractivity contribution < 1.29 is 0 Å². The Morgan fingerprint density at radius 1 is 0.944 bits per heavy atom. The molecule has 18 heavy (non-hydrogen) atoms. The first kappa shape index (κ1) is 12.0. The molecule has 1 aliphatic heterocycles. The highest BCUT2D eigenvalue weighted by atomic mass is 15.5. The van der Waals surface area contributed by atoms with E-state index in [-0.39, 0.29) is 0 Å². The van der Waals surface area contributed by atoms with Crippen molar-refractivity contribution >= 4 is 0 Å². The molecule has 3 rings (SSSR count). The minimum absolute atomic E-state index is 0.367. The van der Waals surface area contributed by atoms with Gasteiger partial charge in [-0.05, 0) is 43.9 Å². The second kappa shape index (κ2) is 3.95. The normalized spacial score (nSPS) is 47.7. The summed E-state index contributed by atoms with van der Waals surface area (Å²) in [6.07, 6.45) is 8.22. The SMILES string of the molecule is N#CC12CCCCC1CC1CCCC1(C#N)N2N. The summed E-state index contributed by atoms with van der Waals surface area (Å²) in [5.74, 6) is 7.09. The Bertz CT molecular complexity index is 434. The molecule has 2 aliphatic carbocycles. The Morgan fingerprint density at radius 3 is 2.11 bits per heavy atom. The first-order valence-electron chi connectivity index (χ1n) is 7.07. The molecule has 0 aromatic heterocycles. The van der Waals surface area contributed by atoms with E-state index in [0.29, 0.717) is 11.8 Å². The number of hydrogen-bond acceptors (Lipinski definition) is 4. The molecule has 96 valence electrons. The molecular weight excluding hydrogens is 224 g/mol. The lowest BCUT2D eigenvalue weighted by Gasteiger charge is -2.56. The summed E-state index contributed by atoms with van der Waals surface area (Å²) in [6, 6.07) is 4.96. The third-order valence-electron chi connectivity index (χ3n) is 5.64. The van der Waals surface area contributed by atoms with Gasteiger partial charge in [-0.1, -0.05) is 19.3 Å². The van der Waals surface area contributed by atoms with Crippen molar-refractivity contribution in [2.45, 2.75) is 62.4 Å². The zero-order chi connectivity index (χ0) is 12.8. The Morgan fingerprint density at radius 2 is 1.50 bits per heavy atom. The van der Waals surface area contributed by atoms with E-state index in [1.165, 1.54) is 6.42 Å². The Balaban J connectivity index is 2.05. The largest absolute Gasteiger partial charge is 0.266 e. The molecule has 0 aromatic carbocycles. The van der Waals surface area contributed by atoms with Gasteiger partial charge in [0, 0.05) is 0 Å². The van der Waals surface area contributed by atoms with Gasteiger partial charge in [-0.2, -0.15) is 10.5 Å². The highest BCUT2D eigenvalue weighted by molar-refractivity contribution is 5.26. The third-order valence-corrected chi connectivity index (χ3v) is 5.64. The van der Waals surface area contributed by atoms with Gasteiger partial charge in [0.15, 0.2) is 0 Å². The maximum absolute atomic E-state index is 9.70. The fourth-order valence-corrected chi connectivity index (χ4v) is 4.65. The van der Waals surface area contributed by atoms with Crippen molar-refractivity contribution in [3.05, 3.63) is 0 Å². The van der Waals surface area contributed by atoms with Crippen molar-refractivity contribution in [2.75, 3.05) is 0 Å². The first-order valence-corrected chi connectivity index (χ1v) is 7.07. The van der Waals surface area contributed by atoms with Crippen LogP contribution in [0.15, 0.2) is 0 Å². The van der Waals surface area contributed by atoms with Crippen molar-refractivity contribution in [1.82, 2.24) is 5.01 Å². The Hall–Kier alpha value is -1.10. The van der Waals surface area contributed by atoms with Crippen molar-refractivity contribution in [3.63, 3.8) is 0 Å². The molecular formula is C14H20N4. The van der Waals surface area contributed by atoms with Crippen LogP contribution in [-0.4, -0.2) is 16.1 Å². The van der Waals surface area contributed by atoms with Gasteiger partial charge >= 0.3 is 0 Å². The van der Waals surface area contributed by atoms with Gasteiger partial charge in [0.05, 0.1) is 12.1 Å². The van der Waals surface area contributed by atoms with Crippen LogP contribution in [0.25, 0.3) is 0 Å². The summed E-state index contributed by atoms with van der Waals surface area (Å²) < 4.78 is 0. The molecule has 3 fully saturated rings. The molecule has 1 heterocycles. The molecule has 4 heteroatoms.